The van der Waals surface area contributed by atoms with E-state index in [0.29, 0.717) is 5.69 Å². The lowest BCUT2D eigenvalue weighted by molar-refractivity contribution is -0.120. The summed E-state index contributed by atoms with van der Waals surface area (Å²) in [6, 6.07) is 16.5. The van der Waals surface area contributed by atoms with Gasteiger partial charge >= 0.3 is 0 Å². The van der Waals surface area contributed by atoms with Gasteiger partial charge in [-0.05, 0) is 71.1 Å². The highest BCUT2D eigenvalue weighted by Crippen LogP contribution is 2.35. The monoisotopic (exact) mass is 518 g/mol. The maximum Gasteiger partial charge on any atom is 0.227 e. The molecule has 8 heteroatoms. The van der Waals surface area contributed by atoms with E-state index in [1.165, 1.54) is 17.5 Å². The van der Waals surface area contributed by atoms with Crippen LogP contribution in [0, 0.1) is 5.92 Å². The van der Waals surface area contributed by atoms with Gasteiger partial charge in [0.15, 0.2) is 0 Å². The molecular weight excluding hydrogens is 492 g/mol. The van der Waals surface area contributed by atoms with Crippen LogP contribution in [0.4, 0.5) is 5.69 Å². The fraction of sp³-hybridized carbons (Fsp3) is 0.200. The summed E-state index contributed by atoms with van der Waals surface area (Å²) < 4.78 is 0. The third-order valence-electron chi connectivity index (χ3n) is 7.44. The molecular formula is C30H26N6OS. The molecule has 5 aromatic heterocycles. The van der Waals surface area contributed by atoms with Gasteiger partial charge in [0.1, 0.15) is 11.2 Å². The molecule has 0 unspecified atom stereocenters. The Bertz CT molecular complexity index is 1760. The molecule has 7 nitrogen and oxygen atoms in total. The SMILES string of the molecule is O=C(Nc1cncc(-c2ccc3[nH]nc(-c4cc5c(-c6ccsc6)cccc5[nH]4)c3n2)c1)C1CCCCC1. The maximum atomic E-state index is 12.8. The molecule has 0 saturated heterocycles. The van der Waals surface area contributed by atoms with E-state index in [1.54, 1.807) is 23.7 Å². The van der Waals surface area contributed by atoms with Crippen molar-refractivity contribution in [2.45, 2.75) is 32.1 Å². The quantitative estimate of drug-likeness (QED) is 0.221. The summed E-state index contributed by atoms with van der Waals surface area (Å²) in [5, 5.41) is 16.2. The highest BCUT2D eigenvalue weighted by atomic mass is 32.1. The zero-order valence-electron chi connectivity index (χ0n) is 20.7. The van der Waals surface area contributed by atoms with Gasteiger partial charge in [-0.15, -0.1) is 0 Å². The summed E-state index contributed by atoms with van der Waals surface area (Å²) >= 11 is 1.69. The molecule has 3 N–H and O–H groups in total. The fourth-order valence-corrected chi connectivity index (χ4v) is 6.11. The predicted molar refractivity (Wildman–Crippen MR) is 153 cm³/mol. The van der Waals surface area contributed by atoms with Crippen molar-refractivity contribution in [1.82, 2.24) is 25.1 Å². The number of benzene rings is 1. The molecule has 1 fully saturated rings. The van der Waals surface area contributed by atoms with Gasteiger partial charge in [0.25, 0.3) is 0 Å². The second-order valence-corrected chi connectivity index (χ2v) is 10.7. The summed E-state index contributed by atoms with van der Waals surface area (Å²) in [6.07, 6.45) is 8.87. The number of carbonyl (C=O) groups excluding carboxylic acids is 1. The van der Waals surface area contributed by atoms with Crippen LogP contribution in [0.1, 0.15) is 32.1 Å². The highest BCUT2D eigenvalue weighted by Gasteiger charge is 2.21. The van der Waals surface area contributed by atoms with E-state index in [1.807, 2.05) is 18.2 Å². The smallest absolute Gasteiger partial charge is 0.227 e. The standard InChI is InChI=1S/C30H26N6OS/c37-30(18-5-2-1-3-6-18)32-21-13-20(15-31-16-21)24-9-10-26-28(34-24)29(36-35-26)27-14-23-22(19-11-12-38-17-19)7-4-8-25(23)33-27/h4,7-18,33H,1-3,5-6H2,(H,32,37)(H,35,36). The van der Waals surface area contributed by atoms with Crippen molar-refractivity contribution < 1.29 is 4.79 Å². The normalized spacial score (nSPS) is 14.3. The summed E-state index contributed by atoms with van der Waals surface area (Å²) in [5.74, 6) is 0.178. The van der Waals surface area contributed by atoms with Gasteiger partial charge in [-0.1, -0.05) is 31.4 Å². The van der Waals surface area contributed by atoms with Crippen molar-refractivity contribution >= 4 is 44.9 Å². The molecule has 5 heterocycles. The number of hydrogen-bond donors (Lipinski definition) is 3. The number of anilines is 1. The zero-order valence-corrected chi connectivity index (χ0v) is 21.5. The van der Waals surface area contributed by atoms with Crippen molar-refractivity contribution in [1.29, 1.82) is 0 Å². The van der Waals surface area contributed by atoms with E-state index in [4.69, 9.17) is 4.98 Å². The van der Waals surface area contributed by atoms with Crippen LogP contribution in [0.15, 0.2) is 71.7 Å². The Morgan fingerprint density at radius 2 is 1.89 bits per heavy atom. The minimum atomic E-state index is 0.0878. The van der Waals surface area contributed by atoms with E-state index >= 15 is 0 Å². The Morgan fingerprint density at radius 1 is 0.974 bits per heavy atom. The molecule has 38 heavy (non-hydrogen) atoms. The van der Waals surface area contributed by atoms with Crippen molar-refractivity contribution in [2.24, 2.45) is 5.92 Å². The molecule has 1 aromatic carbocycles. The van der Waals surface area contributed by atoms with E-state index < -0.39 is 0 Å². The highest BCUT2D eigenvalue weighted by molar-refractivity contribution is 7.08. The van der Waals surface area contributed by atoms with Crippen LogP contribution in [0.5, 0.6) is 0 Å². The van der Waals surface area contributed by atoms with Crippen LogP contribution in [0.2, 0.25) is 0 Å². The first-order chi connectivity index (χ1) is 18.7. The summed E-state index contributed by atoms with van der Waals surface area (Å²) in [4.78, 5) is 25.7. The second-order valence-electron chi connectivity index (χ2n) is 9.91. The number of pyridine rings is 2. The summed E-state index contributed by atoms with van der Waals surface area (Å²) in [6.45, 7) is 0. The topological polar surface area (TPSA) is 99.4 Å². The molecule has 1 aliphatic rings. The minimum Gasteiger partial charge on any atom is -0.353 e. The molecule has 1 saturated carbocycles. The molecule has 0 bridgehead atoms. The number of aromatic amines is 2. The predicted octanol–water partition coefficient (Wildman–Crippen LogP) is 7.42. The van der Waals surface area contributed by atoms with Gasteiger partial charge in [-0.2, -0.15) is 16.4 Å². The Balaban J connectivity index is 1.23. The van der Waals surface area contributed by atoms with Gasteiger partial charge in [-0.3, -0.25) is 14.9 Å². The third kappa shape index (κ3) is 4.16. The van der Waals surface area contributed by atoms with Crippen LogP contribution in [-0.4, -0.2) is 31.1 Å². The average molecular weight is 519 g/mol. The number of aromatic nitrogens is 5. The lowest BCUT2D eigenvalue weighted by atomic mass is 9.88. The number of amides is 1. The van der Waals surface area contributed by atoms with Crippen molar-refractivity contribution in [3.8, 4) is 33.8 Å². The molecule has 6 aromatic rings. The molecule has 1 aliphatic carbocycles. The maximum absolute atomic E-state index is 12.8. The van der Waals surface area contributed by atoms with Crippen molar-refractivity contribution in [2.75, 3.05) is 5.32 Å². The van der Waals surface area contributed by atoms with Gasteiger partial charge in [-0.25, -0.2) is 4.98 Å². The van der Waals surface area contributed by atoms with Gasteiger partial charge in [0, 0.05) is 28.6 Å². The van der Waals surface area contributed by atoms with Crippen molar-refractivity contribution in [3.05, 3.63) is 71.7 Å². The van der Waals surface area contributed by atoms with E-state index in [2.05, 4.69) is 66.6 Å². The molecule has 0 radical (unpaired) electrons. The van der Waals surface area contributed by atoms with Crippen LogP contribution >= 0.6 is 11.3 Å². The number of carbonyl (C=O) groups is 1. The lowest BCUT2D eigenvalue weighted by Crippen LogP contribution is -2.24. The first-order valence-electron chi connectivity index (χ1n) is 13.0. The fourth-order valence-electron chi connectivity index (χ4n) is 5.46. The van der Waals surface area contributed by atoms with Gasteiger partial charge < -0.3 is 10.3 Å². The molecule has 188 valence electrons. The minimum absolute atomic E-state index is 0.0878. The Morgan fingerprint density at radius 3 is 2.76 bits per heavy atom. The largest absolute Gasteiger partial charge is 0.353 e. The zero-order chi connectivity index (χ0) is 25.5. The van der Waals surface area contributed by atoms with E-state index in [-0.39, 0.29) is 11.8 Å². The van der Waals surface area contributed by atoms with Crippen LogP contribution in [0.25, 0.3) is 55.7 Å². The third-order valence-corrected chi connectivity index (χ3v) is 8.12. The summed E-state index contributed by atoms with van der Waals surface area (Å²) in [7, 11) is 0. The van der Waals surface area contributed by atoms with E-state index in [9.17, 15) is 4.79 Å². The van der Waals surface area contributed by atoms with Crippen LogP contribution < -0.4 is 5.32 Å². The van der Waals surface area contributed by atoms with E-state index in [0.717, 1.165) is 70.3 Å². The molecule has 0 aliphatic heterocycles. The van der Waals surface area contributed by atoms with Crippen molar-refractivity contribution in [3.63, 3.8) is 0 Å². The summed E-state index contributed by atoms with van der Waals surface area (Å²) in [5.41, 5.74) is 9.09. The number of nitrogens with zero attached hydrogens (tertiary/aromatic N) is 3. The average Bonchev–Trinajstić information content (AvgIpc) is 3.73. The van der Waals surface area contributed by atoms with Gasteiger partial charge in [0.05, 0.1) is 28.8 Å². The Labute approximate surface area is 223 Å². The number of H-pyrrole nitrogens is 2. The number of nitrogens with one attached hydrogen (secondary N) is 3. The Hall–Kier alpha value is -4.30. The van der Waals surface area contributed by atoms with Crippen LogP contribution in [0.3, 0.4) is 0 Å². The Kier molecular flexibility index (Phi) is 5.74. The number of rotatable bonds is 5. The van der Waals surface area contributed by atoms with Crippen LogP contribution in [-0.2, 0) is 4.79 Å². The van der Waals surface area contributed by atoms with Gasteiger partial charge in [0.2, 0.25) is 5.91 Å². The first-order valence-corrected chi connectivity index (χ1v) is 13.9. The number of hydrogen-bond acceptors (Lipinski definition) is 5. The number of fused-ring (bicyclic) bond motifs is 2. The number of thiophene rings is 1. The second kappa shape index (κ2) is 9.54. The molecule has 0 spiro atoms. The molecule has 7 rings (SSSR count). The first kappa shape index (κ1) is 22.9. The molecule has 0 atom stereocenters. The molecule has 1 amide bonds. The lowest BCUT2D eigenvalue weighted by Gasteiger charge is -2.20.